The molecule has 0 aliphatic heterocycles. The van der Waals surface area contributed by atoms with E-state index in [1.165, 1.54) is 0 Å². The zero-order valence-electron chi connectivity index (χ0n) is 20.4. The van der Waals surface area contributed by atoms with Crippen LogP contribution in [0, 0.1) is 0 Å². The van der Waals surface area contributed by atoms with Crippen molar-refractivity contribution in [2.45, 2.75) is 31.7 Å². The molecule has 0 spiro atoms. The molecule has 0 saturated heterocycles. The predicted molar refractivity (Wildman–Crippen MR) is 140 cm³/mol. The summed E-state index contributed by atoms with van der Waals surface area (Å²) in [5.41, 5.74) is 2.73. The SMILES string of the molecule is CC(C)(C)c1nc(NC(=O)O)c2ncn(C(c3ccccc3)(c3ccccc3)c3ccccc3)c2n1. The van der Waals surface area contributed by atoms with E-state index in [2.05, 4.69) is 51.7 Å². The molecule has 1 amide bonds. The lowest BCUT2D eigenvalue weighted by Gasteiger charge is -2.37. The highest BCUT2D eigenvalue weighted by Gasteiger charge is 2.40. The maximum atomic E-state index is 11.6. The highest BCUT2D eigenvalue weighted by atomic mass is 16.4. The number of carboxylic acid groups (broad SMARTS) is 1. The van der Waals surface area contributed by atoms with Crippen LogP contribution < -0.4 is 5.32 Å². The number of hydrogen-bond acceptors (Lipinski definition) is 4. The fourth-order valence-electron chi connectivity index (χ4n) is 4.62. The van der Waals surface area contributed by atoms with Gasteiger partial charge in [-0.15, -0.1) is 0 Å². The van der Waals surface area contributed by atoms with Gasteiger partial charge in [-0.3, -0.25) is 9.88 Å². The third kappa shape index (κ3) is 3.88. The first kappa shape index (κ1) is 23.2. The number of nitrogens with zero attached hydrogens (tertiary/aromatic N) is 4. The zero-order valence-corrected chi connectivity index (χ0v) is 20.4. The van der Waals surface area contributed by atoms with Crippen LogP contribution in [-0.4, -0.2) is 30.7 Å². The van der Waals surface area contributed by atoms with E-state index >= 15 is 0 Å². The van der Waals surface area contributed by atoms with E-state index in [0.29, 0.717) is 17.0 Å². The molecule has 0 saturated carbocycles. The lowest BCUT2D eigenvalue weighted by atomic mass is 9.76. The quantitative estimate of drug-likeness (QED) is 0.300. The van der Waals surface area contributed by atoms with Crippen molar-refractivity contribution in [3.05, 3.63) is 120 Å². The molecule has 2 N–H and O–H groups in total. The van der Waals surface area contributed by atoms with Crippen LogP contribution in [0.2, 0.25) is 0 Å². The Bertz CT molecular complexity index is 1410. The van der Waals surface area contributed by atoms with Crippen molar-refractivity contribution in [3.63, 3.8) is 0 Å². The first-order valence-corrected chi connectivity index (χ1v) is 11.7. The van der Waals surface area contributed by atoms with Crippen molar-refractivity contribution in [1.29, 1.82) is 0 Å². The molecule has 36 heavy (non-hydrogen) atoms. The summed E-state index contributed by atoms with van der Waals surface area (Å²) in [6.07, 6.45) is 0.524. The molecule has 0 atom stereocenters. The summed E-state index contributed by atoms with van der Waals surface area (Å²) < 4.78 is 2.03. The summed E-state index contributed by atoms with van der Waals surface area (Å²) in [7, 11) is 0. The average molecular weight is 478 g/mol. The summed E-state index contributed by atoms with van der Waals surface area (Å²) in [4.78, 5) is 25.8. The normalized spacial score (nSPS) is 12.0. The molecule has 180 valence electrons. The van der Waals surface area contributed by atoms with Crippen LogP contribution in [0.15, 0.2) is 97.3 Å². The van der Waals surface area contributed by atoms with Crippen molar-refractivity contribution < 1.29 is 9.90 Å². The van der Waals surface area contributed by atoms with E-state index < -0.39 is 17.0 Å². The van der Waals surface area contributed by atoms with Crippen LogP contribution in [0.4, 0.5) is 10.6 Å². The number of aromatic nitrogens is 4. The number of hydrogen-bond donors (Lipinski definition) is 2. The maximum absolute atomic E-state index is 11.6. The Morgan fingerprint density at radius 1 is 0.778 bits per heavy atom. The van der Waals surface area contributed by atoms with Crippen LogP contribution >= 0.6 is 0 Å². The third-order valence-corrected chi connectivity index (χ3v) is 6.23. The monoisotopic (exact) mass is 477 g/mol. The zero-order chi connectivity index (χ0) is 25.3. The first-order chi connectivity index (χ1) is 17.3. The Hall–Kier alpha value is -4.52. The van der Waals surface area contributed by atoms with Crippen LogP contribution in [0.25, 0.3) is 11.2 Å². The number of benzene rings is 3. The number of nitrogens with one attached hydrogen (secondary N) is 1. The smallest absolute Gasteiger partial charge is 0.410 e. The minimum absolute atomic E-state index is 0.166. The summed E-state index contributed by atoms with van der Waals surface area (Å²) in [6.45, 7) is 5.99. The van der Waals surface area contributed by atoms with E-state index in [1.54, 1.807) is 6.33 Å². The number of rotatable bonds is 5. The van der Waals surface area contributed by atoms with Crippen LogP contribution in [0.1, 0.15) is 43.3 Å². The van der Waals surface area contributed by atoms with Gasteiger partial charge in [-0.1, -0.05) is 112 Å². The Labute approximate surface area is 209 Å². The van der Waals surface area contributed by atoms with Gasteiger partial charge in [-0.05, 0) is 16.7 Å². The van der Waals surface area contributed by atoms with E-state index in [4.69, 9.17) is 4.98 Å². The number of fused-ring (bicyclic) bond motifs is 1. The number of imidazole rings is 1. The number of amides is 1. The number of carbonyl (C=O) groups is 1. The van der Waals surface area contributed by atoms with Crippen molar-refractivity contribution in [2.75, 3.05) is 5.32 Å². The van der Waals surface area contributed by atoms with E-state index in [9.17, 15) is 9.90 Å². The van der Waals surface area contributed by atoms with E-state index in [1.807, 2.05) is 79.9 Å². The molecule has 7 heteroatoms. The van der Waals surface area contributed by atoms with Gasteiger partial charge in [0.2, 0.25) is 0 Å². The van der Waals surface area contributed by atoms with Crippen LogP contribution in [0.3, 0.4) is 0 Å². The standard InChI is InChI=1S/C29H27N5O2/c1-28(2,3)26-31-24(32-27(35)36)23-25(33-26)34(19-30-23)29(20-13-7-4-8-14-20,21-15-9-5-10-16-21)22-17-11-6-12-18-22/h4-19H,1-3H3,(H,35,36)(H,31,32,33). The second kappa shape index (κ2) is 8.92. The van der Waals surface area contributed by atoms with Gasteiger partial charge in [0, 0.05) is 5.41 Å². The minimum atomic E-state index is -1.20. The van der Waals surface area contributed by atoms with E-state index in [-0.39, 0.29) is 5.82 Å². The lowest BCUT2D eigenvalue weighted by Crippen LogP contribution is -2.37. The van der Waals surface area contributed by atoms with Gasteiger partial charge in [0.15, 0.2) is 17.0 Å². The van der Waals surface area contributed by atoms with E-state index in [0.717, 1.165) is 16.7 Å². The molecule has 5 aromatic rings. The summed E-state index contributed by atoms with van der Waals surface area (Å²) >= 11 is 0. The molecule has 0 aliphatic rings. The highest BCUT2D eigenvalue weighted by molar-refractivity contribution is 5.93. The Morgan fingerprint density at radius 2 is 1.25 bits per heavy atom. The molecule has 3 aromatic carbocycles. The molecule has 7 nitrogen and oxygen atoms in total. The fraction of sp³-hybridized carbons (Fsp3) is 0.172. The minimum Gasteiger partial charge on any atom is -0.465 e. The molecule has 2 heterocycles. The van der Waals surface area contributed by atoms with Gasteiger partial charge in [-0.2, -0.15) is 0 Å². The van der Waals surface area contributed by atoms with Crippen LogP contribution in [-0.2, 0) is 11.0 Å². The molecule has 5 rings (SSSR count). The van der Waals surface area contributed by atoms with Crippen molar-refractivity contribution in [3.8, 4) is 0 Å². The maximum Gasteiger partial charge on any atom is 0.410 e. The molecular weight excluding hydrogens is 450 g/mol. The molecule has 0 radical (unpaired) electrons. The van der Waals surface area contributed by atoms with Crippen molar-refractivity contribution >= 4 is 23.1 Å². The summed E-state index contributed by atoms with van der Waals surface area (Å²) in [6, 6.07) is 30.6. The third-order valence-electron chi connectivity index (χ3n) is 6.23. The Balaban J connectivity index is 1.95. The lowest BCUT2D eigenvalue weighted by molar-refractivity contribution is 0.209. The van der Waals surface area contributed by atoms with Crippen molar-refractivity contribution in [1.82, 2.24) is 19.5 Å². The van der Waals surface area contributed by atoms with Gasteiger partial charge >= 0.3 is 6.09 Å². The Kier molecular flexibility index (Phi) is 5.76. The Morgan fingerprint density at radius 3 is 1.67 bits per heavy atom. The fourth-order valence-corrected chi connectivity index (χ4v) is 4.62. The predicted octanol–water partition coefficient (Wildman–Crippen LogP) is 6.05. The van der Waals surface area contributed by atoms with Gasteiger partial charge in [0.1, 0.15) is 11.4 Å². The number of anilines is 1. The highest BCUT2D eigenvalue weighted by Crippen LogP contribution is 2.42. The first-order valence-electron chi connectivity index (χ1n) is 11.7. The van der Waals surface area contributed by atoms with Crippen LogP contribution in [0.5, 0.6) is 0 Å². The summed E-state index contributed by atoms with van der Waals surface area (Å²) in [5, 5.41) is 11.9. The topological polar surface area (TPSA) is 92.9 Å². The average Bonchev–Trinajstić information content (AvgIpc) is 3.31. The van der Waals surface area contributed by atoms with Gasteiger partial charge < -0.3 is 5.11 Å². The molecule has 0 unspecified atom stereocenters. The molecule has 2 aromatic heterocycles. The second-order valence-electron chi connectivity index (χ2n) is 9.67. The molecule has 0 bridgehead atoms. The van der Waals surface area contributed by atoms with Gasteiger partial charge in [0.25, 0.3) is 0 Å². The molecular formula is C29H27N5O2. The second-order valence-corrected chi connectivity index (χ2v) is 9.67. The largest absolute Gasteiger partial charge is 0.465 e. The van der Waals surface area contributed by atoms with Gasteiger partial charge in [-0.25, -0.2) is 19.7 Å². The molecule has 0 fully saturated rings. The summed E-state index contributed by atoms with van der Waals surface area (Å²) in [5.74, 6) is 0.683. The molecule has 0 aliphatic carbocycles. The van der Waals surface area contributed by atoms with Gasteiger partial charge in [0.05, 0.1) is 6.33 Å². The van der Waals surface area contributed by atoms with Crippen molar-refractivity contribution in [2.24, 2.45) is 0 Å².